The Morgan fingerprint density at radius 2 is 2.16 bits per heavy atom. The van der Waals surface area contributed by atoms with Crippen LogP contribution in [-0.4, -0.2) is 46.6 Å². The van der Waals surface area contributed by atoms with Crippen molar-refractivity contribution >= 4 is 34.9 Å². The second-order valence-electron chi connectivity index (χ2n) is 6.03. The quantitative estimate of drug-likeness (QED) is 0.816. The summed E-state index contributed by atoms with van der Waals surface area (Å²) in [6.07, 6.45) is 1.86. The molecule has 1 saturated heterocycles. The molecule has 2 heterocycles. The number of rotatable bonds is 5. The molecule has 1 fully saturated rings. The zero-order valence-corrected chi connectivity index (χ0v) is 15.7. The summed E-state index contributed by atoms with van der Waals surface area (Å²) in [7, 11) is 0. The van der Waals surface area contributed by atoms with Crippen molar-refractivity contribution in [3.63, 3.8) is 0 Å². The molecular formula is C18H21N3O2S2. The van der Waals surface area contributed by atoms with Gasteiger partial charge in [0, 0.05) is 37.0 Å². The predicted molar refractivity (Wildman–Crippen MR) is 102 cm³/mol. The van der Waals surface area contributed by atoms with Crippen molar-refractivity contribution in [3.8, 4) is 11.3 Å². The second kappa shape index (κ2) is 8.49. The molecule has 25 heavy (non-hydrogen) atoms. The number of thiazole rings is 1. The van der Waals surface area contributed by atoms with Gasteiger partial charge in [-0.15, -0.1) is 11.3 Å². The molecule has 5 nitrogen and oxygen atoms in total. The van der Waals surface area contributed by atoms with Crippen molar-refractivity contribution in [1.29, 1.82) is 0 Å². The molecule has 132 valence electrons. The number of carbonyl (C=O) groups is 2. The molecule has 2 aromatic rings. The number of benzene rings is 1. The van der Waals surface area contributed by atoms with E-state index < -0.39 is 0 Å². The van der Waals surface area contributed by atoms with Crippen molar-refractivity contribution < 1.29 is 9.59 Å². The van der Waals surface area contributed by atoms with Gasteiger partial charge in [0.15, 0.2) is 4.34 Å². The highest BCUT2D eigenvalue weighted by atomic mass is 32.2. The molecule has 0 aliphatic carbocycles. The fourth-order valence-corrected chi connectivity index (χ4v) is 4.63. The van der Waals surface area contributed by atoms with Gasteiger partial charge in [-0.3, -0.25) is 9.59 Å². The van der Waals surface area contributed by atoms with Crippen LogP contribution in [-0.2, 0) is 9.59 Å². The Morgan fingerprint density at radius 1 is 1.36 bits per heavy atom. The number of amides is 2. The summed E-state index contributed by atoms with van der Waals surface area (Å²) in [6.45, 7) is 2.89. The van der Waals surface area contributed by atoms with Gasteiger partial charge in [-0.25, -0.2) is 4.98 Å². The molecule has 1 aliphatic rings. The monoisotopic (exact) mass is 375 g/mol. The van der Waals surface area contributed by atoms with E-state index in [4.69, 9.17) is 0 Å². The van der Waals surface area contributed by atoms with E-state index in [-0.39, 0.29) is 17.9 Å². The number of nitrogens with one attached hydrogen (secondary N) is 1. The highest BCUT2D eigenvalue weighted by Crippen LogP contribution is 2.28. The number of thioether (sulfide) groups is 1. The lowest BCUT2D eigenvalue weighted by Gasteiger charge is -2.32. The third kappa shape index (κ3) is 5.06. The molecule has 0 unspecified atom stereocenters. The Kier molecular flexibility index (Phi) is 6.09. The summed E-state index contributed by atoms with van der Waals surface area (Å²) in [5.41, 5.74) is 2.04. The molecule has 1 atom stereocenters. The van der Waals surface area contributed by atoms with Crippen LogP contribution in [0.3, 0.4) is 0 Å². The summed E-state index contributed by atoms with van der Waals surface area (Å²) in [5.74, 6) is 0.454. The molecule has 2 amide bonds. The van der Waals surface area contributed by atoms with Gasteiger partial charge >= 0.3 is 0 Å². The Bertz CT molecular complexity index is 733. The minimum absolute atomic E-state index is 0.0371. The number of carbonyl (C=O) groups excluding carboxylic acids is 2. The largest absolute Gasteiger partial charge is 0.352 e. The normalized spacial score (nSPS) is 17.3. The number of piperidine rings is 1. The number of hydrogen-bond donors (Lipinski definition) is 1. The van der Waals surface area contributed by atoms with E-state index in [2.05, 4.69) is 10.3 Å². The summed E-state index contributed by atoms with van der Waals surface area (Å²) in [4.78, 5) is 30.1. The first kappa shape index (κ1) is 17.9. The van der Waals surface area contributed by atoms with Crippen LogP contribution in [0.25, 0.3) is 11.3 Å². The Labute approximate surface area is 155 Å². The smallest absolute Gasteiger partial charge is 0.233 e. The van der Waals surface area contributed by atoms with Crippen LogP contribution < -0.4 is 5.32 Å². The zero-order valence-electron chi connectivity index (χ0n) is 14.1. The average molecular weight is 376 g/mol. The van der Waals surface area contributed by atoms with Crippen molar-refractivity contribution in [1.82, 2.24) is 15.2 Å². The highest BCUT2D eigenvalue weighted by Gasteiger charge is 2.24. The van der Waals surface area contributed by atoms with Gasteiger partial charge < -0.3 is 10.2 Å². The van der Waals surface area contributed by atoms with E-state index in [1.54, 1.807) is 11.3 Å². The maximum absolute atomic E-state index is 12.4. The number of hydrogen-bond acceptors (Lipinski definition) is 5. The minimum atomic E-state index is -0.0371. The fraction of sp³-hybridized carbons (Fsp3) is 0.389. The summed E-state index contributed by atoms with van der Waals surface area (Å²) in [5, 5.41) is 4.94. The van der Waals surface area contributed by atoms with Crippen LogP contribution in [0.2, 0.25) is 0 Å². The lowest BCUT2D eigenvalue weighted by Crippen LogP contribution is -2.49. The van der Waals surface area contributed by atoms with Crippen molar-refractivity contribution in [2.45, 2.75) is 30.1 Å². The summed E-state index contributed by atoms with van der Waals surface area (Å²) < 4.78 is 0.905. The lowest BCUT2D eigenvalue weighted by atomic mass is 10.1. The van der Waals surface area contributed by atoms with E-state index in [1.165, 1.54) is 18.7 Å². The Hall–Kier alpha value is -1.86. The van der Waals surface area contributed by atoms with Gasteiger partial charge in [-0.2, -0.15) is 0 Å². The molecule has 1 N–H and O–H groups in total. The topological polar surface area (TPSA) is 62.3 Å². The molecule has 1 aromatic carbocycles. The predicted octanol–water partition coefficient (Wildman–Crippen LogP) is 3.03. The maximum atomic E-state index is 12.4. The van der Waals surface area contributed by atoms with Crippen LogP contribution >= 0.6 is 23.1 Å². The Morgan fingerprint density at radius 3 is 2.92 bits per heavy atom. The van der Waals surface area contributed by atoms with Crippen LogP contribution in [0, 0.1) is 0 Å². The zero-order chi connectivity index (χ0) is 17.6. The molecule has 3 rings (SSSR count). The molecule has 1 aliphatic heterocycles. The second-order valence-corrected chi connectivity index (χ2v) is 8.11. The third-order valence-electron chi connectivity index (χ3n) is 4.05. The molecular weight excluding hydrogens is 354 g/mol. The molecule has 0 bridgehead atoms. The van der Waals surface area contributed by atoms with Gasteiger partial charge in [0.25, 0.3) is 0 Å². The van der Waals surface area contributed by atoms with Gasteiger partial charge in [-0.05, 0) is 12.8 Å². The number of nitrogens with zero attached hydrogens (tertiary/aromatic N) is 2. The number of likely N-dealkylation sites (tertiary alicyclic amines) is 1. The van der Waals surface area contributed by atoms with Crippen LogP contribution in [0.15, 0.2) is 40.1 Å². The van der Waals surface area contributed by atoms with Crippen molar-refractivity contribution in [3.05, 3.63) is 35.7 Å². The number of aromatic nitrogens is 1. The first-order valence-corrected chi connectivity index (χ1v) is 10.2. The summed E-state index contributed by atoms with van der Waals surface area (Å²) in [6, 6.07) is 10.1. The first-order chi connectivity index (χ1) is 12.1. The molecule has 0 saturated carbocycles. The SMILES string of the molecule is CC(=O)N[C@@H]1CCCN(C(=O)CSc2nc(-c3ccccc3)cs2)C1. The third-order valence-corrected chi connectivity index (χ3v) is 6.06. The van der Waals surface area contributed by atoms with Crippen molar-refractivity contribution in [2.24, 2.45) is 0 Å². The van der Waals surface area contributed by atoms with E-state index in [1.807, 2.05) is 40.6 Å². The van der Waals surface area contributed by atoms with E-state index in [9.17, 15) is 9.59 Å². The highest BCUT2D eigenvalue weighted by molar-refractivity contribution is 8.01. The van der Waals surface area contributed by atoms with E-state index in [0.717, 1.165) is 35.0 Å². The van der Waals surface area contributed by atoms with Gasteiger partial charge in [-0.1, -0.05) is 42.1 Å². The molecule has 7 heteroatoms. The van der Waals surface area contributed by atoms with Gasteiger partial charge in [0.2, 0.25) is 11.8 Å². The molecule has 0 spiro atoms. The van der Waals surface area contributed by atoms with E-state index >= 15 is 0 Å². The lowest BCUT2D eigenvalue weighted by molar-refractivity contribution is -0.130. The van der Waals surface area contributed by atoms with Gasteiger partial charge in [0.1, 0.15) is 0 Å². The minimum Gasteiger partial charge on any atom is -0.352 e. The van der Waals surface area contributed by atoms with Crippen LogP contribution in [0.5, 0.6) is 0 Å². The maximum Gasteiger partial charge on any atom is 0.233 e. The first-order valence-electron chi connectivity index (χ1n) is 8.30. The van der Waals surface area contributed by atoms with Crippen LogP contribution in [0.4, 0.5) is 0 Å². The molecule has 1 aromatic heterocycles. The van der Waals surface area contributed by atoms with E-state index in [0.29, 0.717) is 12.3 Å². The van der Waals surface area contributed by atoms with Crippen LogP contribution in [0.1, 0.15) is 19.8 Å². The molecule has 0 radical (unpaired) electrons. The van der Waals surface area contributed by atoms with Gasteiger partial charge in [0.05, 0.1) is 11.4 Å². The standard InChI is InChI=1S/C18H21N3O2S2/c1-13(22)19-15-8-5-9-21(10-15)17(23)12-25-18-20-16(11-24-18)14-6-3-2-4-7-14/h2-4,6-7,11,15H,5,8-10,12H2,1H3,(H,19,22)/t15-/m1/s1. The summed E-state index contributed by atoms with van der Waals surface area (Å²) >= 11 is 3.05. The average Bonchev–Trinajstić information content (AvgIpc) is 3.09. The fourth-order valence-electron chi connectivity index (χ4n) is 2.89. The van der Waals surface area contributed by atoms with Crippen molar-refractivity contribution in [2.75, 3.05) is 18.8 Å². The Balaban J connectivity index is 1.52.